The van der Waals surface area contributed by atoms with Crippen LogP contribution < -0.4 is 11.1 Å². The molecule has 0 aromatic rings. The van der Waals surface area contributed by atoms with Crippen molar-refractivity contribution in [1.29, 1.82) is 0 Å². The number of rotatable bonds is 4. The zero-order chi connectivity index (χ0) is 14.8. The van der Waals surface area contributed by atoms with E-state index < -0.39 is 17.6 Å². The van der Waals surface area contributed by atoms with Crippen molar-refractivity contribution in [2.24, 2.45) is 17.6 Å². The number of hydrogen-bond acceptors (Lipinski definition) is 3. The molecule has 3 nitrogen and oxygen atoms in total. The first-order chi connectivity index (χ1) is 9.40. The first kappa shape index (κ1) is 16.0. The summed E-state index contributed by atoms with van der Waals surface area (Å²) in [5, 5.41) is 12.8. The zero-order valence-electron chi connectivity index (χ0n) is 11.8. The summed E-state index contributed by atoms with van der Waals surface area (Å²) >= 11 is 0. The topological polar surface area (TPSA) is 58.3 Å². The van der Waals surface area contributed by atoms with Crippen molar-refractivity contribution in [2.75, 3.05) is 13.2 Å². The maximum absolute atomic E-state index is 13.0. The van der Waals surface area contributed by atoms with Crippen LogP contribution in [0.25, 0.3) is 0 Å². The van der Waals surface area contributed by atoms with Gasteiger partial charge in [-0.15, -0.1) is 0 Å². The van der Waals surface area contributed by atoms with E-state index in [2.05, 4.69) is 5.32 Å². The fraction of sp³-hybridized carbons (Fsp3) is 1.00. The molecule has 6 heteroatoms. The van der Waals surface area contributed by atoms with Crippen LogP contribution in [0.5, 0.6) is 0 Å². The lowest BCUT2D eigenvalue weighted by molar-refractivity contribution is -0.188. The van der Waals surface area contributed by atoms with Crippen molar-refractivity contribution < 1.29 is 18.3 Å². The lowest BCUT2D eigenvalue weighted by atomic mass is 9.74. The van der Waals surface area contributed by atoms with Gasteiger partial charge in [-0.05, 0) is 38.0 Å². The van der Waals surface area contributed by atoms with Gasteiger partial charge >= 0.3 is 6.18 Å². The molecule has 4 unspecified atom stereocenters. The molecule has 0 heterocycles. The number of nitrogens with one attached hydrogen (secondary N) is 1. The minimum Gasteiger partial charge on any atom is -0.396 e. The minimum atomic E-state index is -4.13. The number of aliphatic hydroxyl groups is 1. The molecule has 4 N–H and O–H groups in total. The Balaban J connectivity index is 2.05. The molecule has 2 aliphatic rings. The second-order valence-corrected chi connectivity index (χ2v) is 6.44. The number of nitrogens with two attached hydrogens (primary N) is 1. The summed E-state index contributed by atoms with van der Waals surface area (Å²) in [6.45, 7) is 0.329. The molecule has 0 radical (unpaired) electrons. The van der Waals surface area contributed by atoms with Crippen molar-refractivity contribution in [3.05, 3.63) is 0 Å². The third-order valence-corrected chi connectivity index (χ3v) is 5.08. The summed E-state index contributed by atoms with van der Waals surface area (Å²) in [6.07, 6.45) is 0.292. The second kappa shape index (κ2) is 6.20. The highest BCUT2D eigenvalue weighted by Gasteiger charge is 2.48. The quantitative estimate of drug-likeness (QED) is 0.745. The van der Waals surface area contributed by atoms with Gasteiger partial charge in [-0.1, -0.05) is 12.8 Å². The standard InChI is InChI=1S/C14H25F3N2O/c15-14(16,17)11-4-2-6-13(7-11,9-18)19-12-5-1-3-10(12)8-20/h10-12,19-20H,1-9,18H2. The fourth-order valence-corrected chi connectivity index (χ4v) is 3.86. The van der Waals surface area contributed by atoms with Crippen LogP contribution in [0.4, 0.5) is 13.2 Å². The van der Waals surface area contributed by atoms with Gasteiger partial charge in [0.05, 0.1) is 5.92 Å². The molecular weight excluding hydrogens is 269 g/mol. The van der Waals surface area contributed by atoms with Crippen LogP contribution in [-0.2, 0) is 0 Å². The second-order valence-electron chi connectivity index (χ2n) is 6.44. The third-order valence-electron chi connectivity index (χ3n) is 5.08. The van der Waals surface area contributed by atoms with E-state index in [0.29, 0.717) is 12.8 Å². The Morgan fingerprint density at radius 1 is 1.20 bits per heavy atom. The monoisotopic (exact) mass is 294 g/mol. The lowest BCUT2D eigenvalue weighted by Crippen LogP contribution is -2.59. The first-order valence-electron chi connectivity index (χ1n) is 7.55. The highest BCUT2D eigenvalue weighted by molar-refractivity contribution is 5.00. The van der Waals surface area contributed by atoms with Gasteiger partial charge in [0.15, 0.2) is 0 Å². The molecule has 0 bridgehead atoms. The molecule has 2 fully saturated rings. The van der Waals surface area contributed by atoms with Crippen molar-refractivity contribution in [1.82, 2.24) is 5.32 Å². The average Bonchev–Trinajstić information content (AvgIpc) is 2.85. The minimum absolute atomic E-state index is 0.0711. The van der Waals surface area contributed by atoms with E-state index in [1.807, 2.05) is 0 Å². The Morgan fingerprint density at radius 2 is 1.95 bits per heavy atom. The van der Waals surface area contributed by atoms with Crippen LogP contribution in [-0.4, -0.2) is 36.0 Å². The Kier molecular flexibility index (Phi) is 4.97. The van der Waals surface area contributed by atoms with E-state index in [0.717, 1.165) is 19.3 Å². The SMILES string of the molecule is NCC1(NC2CCCC2CO)CCCC(C(F)(F)F)C1. The number of halogens is 3. The molecule has 20 heavy (non-hydrogen) atoms. The predicted molar refractivity (Wildman–Crippen MR) is 71.1 cm³/mol. The van der Waals surface area contributed by atoms with E-state index in [9.17, 15) is 18.3 Å². The molecule has 0 aliphatic heterocycles. The highest BCUT2D eigenvalue weighted by atomic mass is 19.4. The van der Waals surface area contributed by atoms with Crippen LogP contribution >= 0.6 is 0 Å². The molecular formula is C14H25F3N2O. The van der Waals surface area contributed by atoms with Crippen LogP contribution in [0, 0.1) is 11.8 Å². The molecule has 0 aromatic heterocycles. The number of aliphatic hydroxyl groups excluding tert-OH is 1. The molecule has 2 aliphatic carbocycles. The van der Waals surface area contributed by atoms with E-state index in [-0.39, 0.29) is 38.0 Å². The first-order valence-corrected chi connectivity index (χ1v) is 7.55. The van der Waals surface area contributed by atoms with Gasteiger partial charge in [-0.25, -0.2) is 0 Å². The normalized spacial score (nSPS) is 39.1. The smallest absolute Gasteiger partial charge is 0.391 e. The van der Waals surface area contributed by atoms with Gasteiger partial charge in [-0.2, -0.15) is 13.2 Å². The van der Waals surface area contributed by atoms with Gasteiger partial charge in [0, 0.05) is 24.7 Å². The summed E-state index contributed by atoms with van der Waals surface area (Å²) in [7, 11) is 0. The third kappa shape index (κ3) is 3.46. The molecule has 4 atom stereocenters. The molecule has 0 amide bonds. The van der Waals surface area contributed by atoms with Crippen molar-refractivity contribution in [3.8, 4) is 0 Å². The summed E-state index contributed by atoms with van der Waals surface area (Å²) in [5.74, 6) is -1.09. The Bertz CT molecular complexity index is 324. The zero-order valence-corrected chi connectivity index (χ0v) is 11.8. The van der Waals surface area contributed by atoms with Crippen LogP contribution in [0.15, 0.2) is 0 Å². The van der Waals surface area contributed by atoms with Gasteiger partial charge in [0.2, 0.25) is 0 Å². The largest absolute Gasteiger partial charge is 0.396 e. The average molecular weight is 294 g/mol. The van der Waals surface area contributed by atoms with Gasteiger partial charge in [-0.3, -0.25) is 0 Å². The predicted octanol–water partition coefficient (Wildman–Crippen LogP) is 2.19. The molecule has 0 aromatic carbocycles. The molecule has 0 spiro atoms. The summed E-state index contributed by atoms with van der Waals surface area (Å²) in [4.78, 5) is 0. The summed E-state index contributed by atoms with van der Waals surface area (Å²) in [5.41, 5.74) is 5.21. The Labute approximate surface area is 118 Å². The molecule has 118 valence electrons. The Hall–Kier alpha value is -0.330. The number of hydrogen-bond donors (Lipinski definition) is 3. The summed E-state index contributed by atoms with van der Waals surface area (Å²) in [6, 6.07) is 0.107. The van der Waals surface area contributed by atoms with Crippen molar-refractivity contribution in [2.45, 2.75) is 62.7 Å². The number of alkyl halides is 3. The fourth-order valence-electron chi connectivity index (χ4n) is 3.86. The van der Waals surface area contributed by atoms with E-state index in [1.165, 1.54) is 0 Å². The van der Waals surface area contributed by atoms with Gasteiger partial charge < -0.3 is 16.2 Å². The van der Waals surface area contributed by atoms with E-state index in [1.54, 1.807) is 0 Å². The molecule has 0 saturated heterocycles. The van der Waals surface area contributed by atoms with Gasteiger partial charge in [0.25, 0.3) is 0 Å². The molecule has 2 saturated carbocycles. The molecule has 2 rings (SSSR count). The van der Waals surface area contributed by atoms with Gasteiger partial charge in [0.1, 0.15) is 0 Å². The van der Waals surface area contributed by atoms with E-state index >= 15 is 0 Å². The highest BCUT2D eigenvalue weighted by Crippen LogP contribution is 2.42. The van der Waals surface area contributed by atoms with Crippen molar-refractivity contribution >= 4 is 0 Å². The van der Waals surface area contributed by atoms with Crippen molar-refractivity contribution in [3.63, 3.8) is 0 Å². The van der Waals surface area contributed by atoms with Crippen LogP contribution in [0.2, 0.25) is 0 Å². The lowest BCUT2D eigenvalue weighted by Gasteiger charge is -2.44. The van der Waals surface area contributed by atoms with E-state index in [4.69, 9.17) is 5.73 Å². The van der Waals surface area contributed by atoms with Crippen LogP contribution in [0.3, 0.4) is 0 Å². The summed E-state index contributed by atoms with van der Waals surface area (Å²) < 4.78 is 38.9. The Morgan fingerprint density at radius 3 is 2.55 bits per heavy atom. The van der Waals surface area contributed by atoms with Crippen LogP contribution in [0.1, 0.15) is 44.9 Å². The maximum atomic E-state index is 13.0. The maximum Gasteiger partial charge on any atom is 0.391 e.